The lowest BCUT2D eigenvalue weighted by Crippen LogP contribution is -2.31. The summed E-state index contributed by atoms with van der Waals surface area (Å²) < 4.78 is 18.2. The molecule has 0 fully saturated rings. The average molecular weight is 479 g/mol. The lowest BCUT2D eigenvalue weighted by molar-refractivity contribution is -0.124. The van der Waals surface area contributed by atoms with Crippen LogP contribution in [0.1, 0.15) is 0 Å². The molecule has 4 rings (SSSR count). The number of carbonyl (C=O) groups excluding carboxylic acids is 1. The van der Waals surface area contributed by atoms with E-state index < -0.39 is 5.56 Å². The number of ether oxygens (including phenoxy) is 1. The molecule has 1 aromatic carbocycles. The van der Waals surface area contributed by atoms with Gasteiger partial charge in [-0.05, 0) is 30.3 Å². The van der Waals surface area contributed by atoms with E-state index in [1.54, 1.807) is 24.4 Å². The van der Waals surface area contributed by atoms with E-state index in [0.717, 1.165) is 0 Å². The van der Waals surface area contributed by atoms with Crippen molar-refractivity contribution in [2.45, 2.75) is 0 Å². The number of methoxy groups -OCH3 is 1. The number of hydrogen-bond acceptors (Lipinski definition) is 9. The lowest BCUT2D eigenvalue weighted by Gasteiger charge is -2.08. The molecule has 3 aromatic heterocycles. The number of nitrogens with one attached hydrogen (secondary N) is 4. The molecule has 0 unspecified atom stereocenters. The summed E-state index contributed by atoms with van der Waals surface area (Å²) in [6.45, 7) is 0.704. The second-order valence-corrected chi connectivity index (χ2v) is 7.30. The van der Waals surface area contributed by atoms with Gasteiger partial charge in [-0.3, -0.25) is 9.59 Å². The highest BCUT2D eigenvalue weighted by molar-refractivity contribution is 5.78. The van der Waals surface area contributed by atoms with Crippen LogP contribution in [-0.2, 0) is 9.53 Å². The zero-order valence-electron chi connectivity index (χ0n) is 18.6. The van der Waals surface area contributed by atoms with Crippen molar-refractivity contribution in [3.05, 3.63) is 58.9 Å². The quantitative estimate of drug-likeness (QED) is 0.221. The Morgan fingerprint density at radius 1 is 1.11 bits per heavy atom. The number of nitrogens with two attached hydrogens (primary N) is 1. The van der Waals surface area contributed by atoms with Gasteiger partial charge in [0, 0.05) is 32.0 Å². The molecule has 3 heterocycles. The van der Waals surface area contributed by atoms with Crippen molar-refractivity contribution in [3.8, 4) is 34.2 Å². The van der Waals surface area contributed by atoms with Crippen molar-refractivity contribution < 1.29 is 13.9 Å². The fraction of sp³-hybridized carbons (Fsp3) is 0.182. The number of imidazole rings is 1. The third-order valence-electron chi connectivity index (χ3n) is 4.81. The third-order valence-corrected chi connectivity index (χ3v) is 4.81. The van der Waals surface area contributed by atoms with Gasteiger partial charge < -0.3 is 31.1 Å². The van der Waals surface area contributed by atoms with Crippen LogP contribution in [0.2, 0.25) is 0 Å². The molecule has 0 radical (unpaired) electrons. The standard InChI is InChI=1S/C22H22FN9O3/c1-35-11-16(33)25-8-9-27-22-26-7-6-14(30-22)17-18(15-10-28-19(24)21(34)29-15)32-20(31-17)12-2-4-13(23)5-3-12/h2-7,10H,8-9,11H2,1H3,(H2,24,28)(H,25,33)(H,29,34)(H,31,32)(H,26,27,30). The normalized spacial score (nSPS) is 10.8. The first kappa shape index (κ1) is 23.5. The average Bonchev–Trinajstić information content (AvgIpc) is 3.30. The molecule has 12 nitrogen and oxygen atoms in total. The van der Waals surface area contributed by atoms with Gasteiger partial charge in [-0.1, -0.05) is 0 Å². The van der Waals surface area contributed by atoms with Gasteiger partial charge in [-0.2, -0.15) is 0 Å². The summed E-state index contributed by atoms with van der Waals surface area (Å²) in [7, 11) is 1.44. The zero-order valence-corrected chi connectivity index (χ0v) is 18.6. The molecule has 6 N–H and O–H groups in total. The smallest absolute Gasteiger partial charge is 0.290 e. The maximum Gasteiger partial charge on any atom is 0.290 e. The molecule has 13 heteroatoms. The van der Waals surface area contributed by atoms with Crippen molar-refractivity contribution in [3.63, 3.8) is 0 Å². The van der Waals surface area contributed by atoms with E-state index in [1.165, 1.54) is 25.4 Å². The Morgan fingerprint density at radius 2 is 1.91 bits per heavy atom. The maximum atomic E-state index is 13.4. The predicted molar refractivity (Wildman–Crippen MR) is 127 cm³/mol. The molecule has 4 aromatic rings. The topological polar surface area (TPSA) is 177 Å². The van der Waals surface area contributed by atoms with Gasteiger partial charge in [-0.15, -0.1) is 0 Å². The summed E-state index contributed by atoms with van der Waals surface area (Å²) in [6.07, 6.45) is 2.95. The summed E-state index contributed by atoms with van der Waals surface area (Å²) in [5.41, 5.74) is 7.26. The molecule has 0 saturated heterocycles. The van der Waals surface area contributed by atoms with Gasteiger partial charge in [0.05, 0.1) is 23.3 Å². The Balaban J connectivity index is 1.65. The maximum absolute atomic E-state index is 13.4. The van der Waals surface area contributed by atoms with Crippen molar-refractivity contribution in [1.82, 2.24) is 35.2 Å². The molecular formula is C22H22FN9O3. The van der Waals surface area contributed by atoms with Crippen LogP contribution in [-0.4, -0.2) is 62.6 Å². The number of aromatic nitrogens is 6. The van der Waals surface area contributed by atoms with Crippen LogP contribution in [0.5, 0.6) is 0 Å². The van der Waals surface area contributed by atoms with Gasteiger partial charge in [0.2, 0.25) is 11.9 Å². The van der Waals surface area contributed by atoms with Crippen LogP contribution in [0.3, 0.4) is 0 Å². The second-order valence-electron chi connectivity index (χ2n) is 7.30. The Labute approximate surface area is 198 Å². The molecule has 35 heavy (non-hydrogen) atoms. The van der Waals surface area contributed by atoms with E-state index in [4.69, 9.17) is 10.5 Å². The van der Waals surface area contributed by atoms with E-state index in [2.05, 4.69) is 40.5 Å². The Bertz CT molecular complexity index is 1390. The number of hydrogen-bond donors (Lipinski definition) is 5. The first-order chi connectivity index (χ1) is 16.9. The van der Waals surface area contributed by atoms with Crippen molar-refractivity contribution in [2.24, 2.45) is 0 Å². The molecule has 0 saturated carbocycles. The Morgan fingerprint density at radius 3 is 2.66 bits per heavy atom. The van der Waals surface area contributed by atoms with Crippen molar-refractivity contribution in [1.29, 1.82) is 0 Å². The van der Waals surface area contributed by atoms with Gasteiger partial charge >= 0.3 is 0 Å². The zero-order chi connectivity index (χ0) is 24.8. The first-order valence-corrected chi connectivity index (χ1v) is 10.5. The molecule has 0 atom stereocenters. The van der Waals surface area contributed by atoms with Crippen molar-refractivity contribution >= 4 is 17.7 Å². The van der Waals surface area contributed by atoms with E-state index in [9.17, 15) is 14.0 Å². The number of rotatable bonds is 9. The number of nitrogens with zero attached hydrogens (tertiary/aromatic N) is 4. The SMILES string of the molecule is COCC(=O)NCCNc1nccc(-c2[nH]c(-c3ccc(F)cc3)nc2-c2cnc(N)c(=O)[nH]2)n1. The molecule has 0 aliphatic rings. The number of anilines is 2. The minimum atomic E-state index is -0.555. The second kappa shape index (κ2) is 10.5. The third kappa shape index (κ3) is 5.65. The summed E-state index contributed by atoms with van der Waals surface area (Å²) >= 11 is 0. The molecule has 0 spiro atoms. The first-order valence-electron chi connectivity index (χ1n) is 10.5. The molecular weight excluding hydrogens is 457 g/mol. The van der Waals surface area contributed by atoms with Gasteiger partial charge in [0.15, 0.2) is 5.82 Å². The monoisotopic (exact) mass is 479 g/mol. The highest BCUT2D eigenvalue weighted by Gasteiger charge is 2.18. The summed E-state index contributed by atoms with van der Waals surface area (Å²) in [5, 5.41) is 5.72. The molecule has 180 valence electrons. The summed E-state index contributed by atoms with van der Waals surface area (Å²) in [4.78, 5) is 46.6. The molecule has 1 amide bonds. The predicted octanol–water partition coefficient (Wildman–Crippen LogP) is 1.18. The Kier molecular flexibility index (Phi) is 7.07. The minimum Gasteiger partial charge on any atom is -0.379 e. The molecule has 0 aliphatic heterocycles. The number of H-pyrrole nitrogens is 2. The van der Waals surface area contributed by atoms with Gasteiger partial charge in [0.1, 0.15) is 23.9 Å². The van der Waals surface area contributed by atoms with Crippen LogP contribution >= 0.6 is 0 Å². The summed E-state index contributed by atoms with van der Waals surface area (Å²) in [5.74, 6) is -0.0307. The fourth-order valence-electron chi connectivity index (χ4n) is 3.17. The number of amides is 1. The van der Waals surface area contributed by atoms with Crippen LogP contribution in [0, 0.1) is 5.82 Å². The largest absolute Gasteiger partial charge is 0.379 e. The lowest BCUT2D eigenvalue weighted by atomic mass is 10.2. The van der Waals surface area contributed by atoms with E-state index in [0.29, 0.717) is 53.2 Å². The van der Waals surface area contributed by atoms with Crippen LogP contribution in [0.15, 0.2) is 47.5 Å². The highest BCUT2D eigenvalue weighted by Crippen LogP contribution is 2.31. The number of carbonyl (C=O) groups is 1. The number of benzene rings is 1. The van der Waals surface area contributed by atoms with Crippen LogP contribution in [0.4, 0.5) is 16.2 Å². The van der Waals surface area contributed by atoms with Crippen LogP contribution < -0.4 is 21.9 Å². The number of halogens is 1. The van der Waals surface area contributed by atoms with Crippen LogP contribution in [0.25, 0.3) is 34.2 Å². The van der Waals surface area contributed by atoms with Gasteiger partial charge in [-0.25, -0.2) is 24.3 Å². The van der Waals surface area contributed by atoms with Crippen molar-refractivity contribution in [2.75, 3.05) is 37.9 Å². The molecule has 0 bridgehead atoms. The number of aromatic amines is 2. The summed E-state index contributed by atoms with van der Waals surface area (Å²) in [6, 6.07) is 7.47. The minimum absolute atomic E-state index is 0.0208. The number of nitrogen functional groups attached to an aromatic ring is 1. The fourth-order valence-corrected chi connectivity index (χ4v) is 3.17. The van der Waals surface area contributed by atoms with E-state index in [-0.39, 0.29) is 24.1 Å². The van der Waals surface area contributed by atoms with E-state index >= 15 is 0 Å². The van der Waals surface area contributed by atoms with Gasteiger partial charge in [0.25, 0.3) is 5.56 Å². The highest BCUT2D eigenvalue weighted by atomic mass is 19.1. The molecule has 0 aliphatic carbocycles. The van der Waals surface area contributed by atoms with E-state index in [1.807, 2.05) is 0 Å². The Hall–Kier alpha value is -4.65.